The number of para-hydroxylation sites is 2. The van der Waals surface area contributed by atoms with E-state index in [-0.39, 0.29) is 17.9 Å². The molecule has 20 heavy (non-hydrogen) atoms. The molecule has 0 radical (unpaired) electrons. The Bertz CT molecular complexity index is 848. The average Bonchev–Trinajstić information content (AvgIpc) is 2.90. The highest BCUT2D eigenvalue weighted by Gasteiger charge is 2.15. The summed E-state index contributed by atoms with van der Waals surface area (Å²) in [5, 5.41) is 9.02. The number of aromatic carboxylic acids is 1. The summed E-state index contributed by atoms with van der Waals surface area (Å²) in [6.45, 7) is 0.125. The van der Waals surface area contributed by atoms with Crippen molar-refractivity contribution in [2.45, 2.75) is 6.54 Å². The summed E-state index contributed by atoms with van der Waals surface area (Å²) < 4.78 is 6.39. The van der Waals surface area contributed by atoms with Crippen molar-refractivity contribution >= 4 is 17.0 Å². The number of carbonyl (C=O) groups is 1. The molecule has 0 amide bonds. The van der Waals surface area contributed by atoms with E-state index in [1.165, 1.54) is 17.0 Å². The van der Waals surface area contributed by atoms with Crippen molar-refractivity contribution in [1.29, 1.82) is 0 Å². The molecule has 1 N–H and O–H groups in total. The van der Waals surface area contributed by atoms with E-state index >= 15 is 0 Å². The maximum absolute atomic E-state index is 12.0. The van der Waals surface area contributed by atoms with Crippen molar-refractivity contribution in [3.8, 4) is 0 Å². The molecule has 3 aromatic rings. The molecule has 0 atom stereocenters. The summed E-state index contributed by atoms with van der Waals surface area (Å²) in [7, 11) is 0. The second-order valence-corrected chi connectivity index (χ2v) is 4.25. The summed E-state index contributed by atoms with van der Waals surface area (Å²) >= 11 is 0. The van der Waals surface area contributed by atoms with Gasteiger partial charge < -0.3 is 14.1 Å². The van der Waals surface area contributed by atoms with E-state index in [1.807, 2.05) is 6.07 Å². The Morgan fingerprint density at radius 2 is 2.10 bits per heavy atom. The molecule has 6 nitrogen and oxygen atoms in total. The number of carboxylic acid groups (broad SMARTS) is 1. The minimum Gasteiger partial charge on any atom is -0.475 e. The summed E-state index contributed by atoms with van der Waals surface area (Å²) in [5.74, 6) is -1.31. The van der Waals surface area contributed by atoms with Crippen LogP contribution in [0, 0.1) is 0 Å². The topological polar surface area (TPSA) is 85.3 Å². The second-order valence-electron chi connectivity index (χ2n) is 4.25. The maximum atomic E-state index is 12.0. The van der Waals surface area contributed by atoms with Gasteiger partial charge in [-0.15, -0.1) is 0 Å². The molecule has 100 valence electrons. The second kappa shape index (κ2) is 4.65. The van der Waals surface area contributed by atoms with Crippen molar-refractivity contribution in [3.63, 3.8) is 0 Å². The number of benzene rings is 1. The molecule has 0 fully saturated rings. The number of aromatic nitrogens is 2. The molecule has 0 saturated carbocycles. The molecule has 0 unspecified atom stereocenters. The summed E-state index contributed by atoms with van der Waals surface area (Å²) in [4.78, 5) is 27.0. The number of rotatable bonds is 3. The Hall–Kier alpha value is -2.89. The number of hydrogen-bond acceptors (Lipinski definition) is 4. The van der Waals surface area contributed by atoms with E-state index in [1.54, 1.807) is 24.3 Å². The molecular weight excluding hydrogens is 260 g/mol. The first kappa shape index (κ1) is 12.2. The van der Waals surface area contributed by atoms with Gasteiger partial charge in [-0.3, -0.25) is 4.79 Å². The first-order valence-electron chi connectivity index (χ1n) is 5.91. The van der Waals surface area contributed by atoms with Gasteiger partial charge in [0.2, 0.25) is 5.76 Å². The van der Waals surface area contributed by atoms with E-state index < -0.39 is 5.97 Å². The van der Waals surface area contributed by atoms with Crippen LogP contribution in [0.5, 0.6) is 0 Å². The molecule has 0 aliphatic carbocycles. The van der Waals surface area contributed by atoms with Crippen molar-refractivity contribution in [1.82, 2.24) is 9.55 Å². The van der Waals surface area contributed by atoms with Gasteiger partial charge in [-0.05, 0) is 18.2 Å². The van der Waals surface area contributed by atoms with Gasteiger partial charge in [0.25, 0.3) is 5.56 Å². The lowest BCUT2D eigenvalue weighted by molar-refractivity contribution is 0.0660. The summed E-state index contributed by atoms with van der Waals surface area (Å²) in [5.41, 5.74) is 1.47. The van der Waals surface area contributed by atoms with Gasteiger partial charge in [0.15, 0.2) is 0 Å². The van der Waals surface area contributed by atoms with E-state index in [0.717, 1.165) is 0 Å². The maximum Gasteiger partial charge on any atom is 0.372 e. The first-order chi connectivity index (χ1) is 9.66. The van der Waals surface area contributed by atoms with Gasteiger partial charge in [0.05, 0.1) is 30.0 Å². The number of fused-ring (bicyclic) bond motifs is 1. The van der Waals surface area contributed by atoms with Crippen molar-refractivity contribution in [2.75, 3.05) is 0 Å². The van der Waals surface area contributed by atoms with Crippen LogP contribution < -0.4 is 5.56 Å². The largest absolute Gasteiger partial charge is 0.475 e. The van der Waals surface area contributed by atoms with Gasteiger partial charge >= 0.3 is 5.97 Å². The predicted octanol–water partition coefficient (Wildman–Crippen LogP) is 1.74. The quantitative estimate of drug-likeness (QED) is 0.783. The molecule has 0 aliphatic heterocycles. The van der Waals surface area contributed by atoms with Gasteiger partial charge in [0, 0.05) is 5.56 Å². The highest BCUT2D eigenvalue weighted by molar-refractivity contribution is 5.86. The van der Waals surface area contributed by atoms with Crippen LogP contribution in [0.1, 0.15) is 16.1 Å². The fourth-order valence-electron chi connectivity index (χ4n) is 2.10. The van der Waals surface area contributed by atoms with Gasteiger partial charge in [-0.25, -0.2) is 9.78 Å². The normalized spacial score (nSPS) is 10.8. The molecular formula is C14H10N2O4. The summed E-state index contributed by atoms with van der Waals surface area (Å²) in [6.07, 6.45) is 2.52. The van der Waals surface area contributed by atoms with E-state index in [0.29, 0.717) is 16.6 Å². The Kier molecular flexibility index (Phi) is 2.83. The Labute approximate surface area is 112 Å². The Balaban J connectivity index is 2.15. The highest BCUT2D eigenvalue weighted by Crippen LogP contribution is 2.15. The van der Waals surface area contributed by atoms with Crippen molar-refractivity contribution < 1.29 is 14.3 Å². The lowest BCUT2D eigenvalue weighted by atomic mass is 10.2. The lowest BCUT2D eigenvalue weighted by Gasteiger charge is -2.08. The number of nitrogens with zero attached hydrogens (tertiary/aromatic N) is 2. The third-order valence-electron chi connectivity index (χ3n) is 3.02. The average molecular weight is 270 g/mol. The zero-order valence-electron chi connectivity index (χ0n) is 10.3. The van der Waals surface area contributed by atoms with E-state index in [9.17, 15) is 9.59 Å². The minimum atomic E-state index is -1.16. The van der Waals surface area contributed by atoms with Crippen LogP contribution in [0.25, 0.3) is 11.0 Å². The molecule has 0 aliphatic rings. The molecule has 2 heterocycles. The van der Waals surface area contributed by atoms with Crippen LogP contribution >= 0.6 is 0 Å². The molecule has 0 saturated heterocycles. The number of hydrogen-bond donors (Lipinski definition) is 1. The highest BCUT2D eigenvalue weighted by atomic mass is 16.4. The molecule has 1 aromatic carbocycles. The van der Waals surface area contributed by atoms with Crippen molar-refractivity contribution in [2.24, 2.45) is 0 Å². The minimum absolute atomic E-state index is 0.125. The van der Waals surface area contributed by atoms with E-state index in [2.05, 4.69) is 4.98 Å². The molecule has 6 heteroatoms. The Morgan fingerprint density at radius 1 is 1.30 bits per heavy atom. The monoisotopic (exact) mass is 270 g/mol. The van der Waals surface area contributed by atoms with Crippen LogP contribution in [0.15, 0.2) is 52.0 Å². The molecule has 2 aromatic heterocycles. The molecule has 0 spiro atoms. The van der Waals surface area contributed by atoms with Crippen LogP contribution in [0.2, 0.25) is 0 Å². The van der Waals surface area contributed by atoms with Crippen LogP contribution in [-0.2, 0) is 6.54 Å². The lowest BCUT2D eigenvalue weighted by Crippen LogP contribution is -2.21. The summed E-state index contributed by atoms with van der Waals surface area (Å²) in [6, 6.07) is 8.73. The standard InChI is InChI=1S/C14H10N2O4/c17-12-7-15-10-3-1-2-4-11(10)16(12)8-9-5-6-20-13(9)14(18)19/h1-7H,8H2,(H,18,19). The number of carboxylic acids is 1. The van der Waals surface area contributed by atoms with Gasteiger partial charge in [-0.1, -0.05) is 12.1 Å². The van der Waals surface area contributed by atoms with Crippen LogP contribution in [0.3, 0.4) is 0 Å². The van der Waals surface area contributed by atoms with Gasteiger partial charge in [0.1, 0.15) is 0 Å². The van der Waals surface area contributed by atoms with Crippen LogP contribution in [0.4, 0.5) is 0 Å². The fraction of sp³-hybridized carbons (Fsp3) is 0.0714. The third-order valence-corrected chi connectivity index (χ3v) is 3.02. The number of furan rings is 1. The first-order valence-corrected chi connectivity index (χ1v) is 5.91. The third kappa shape index (κ3) is 1.97. The fourth-order valence-corrected chi connectivity index (χ4v) is 2.10. The molecule has 3 rings (SSSR count). The van der Waals surface area contributed by atoms with Gasteiger partial charge in [-0.2, -0.15) is 0 Å². The smallest absolute Gasteiger partial charge is 0.372 e. The van der Waals surface area contributed by atoms with Crippen molar-refractivity contribution in [3.05, 3.63) is 64.5 Å². The SMILES string of the molecule is O=C(O)c1occc1Cn1c(=O)cnc2ccccc21. The van der Waals surface area contributed by atoms with Crippen LogP contribution in [-0.4, -0.2) is 20.6 Å². The predicted molar refractivity (Wildman–Crippen MR) is 70.8 cm³/mol. The molecule has 0 bridgehead atoms. The van der Waals surface area contributed by atoms with E-state index in [4.69, 9.17) is 9.52 Å². The Morgan fingerprint density at radius 3 is 2.90 bits per heavy atom. The zero-order chi connectivity index (χ0) is 14.1. The zero-order valence-corrected chi connectivity index (χ0v) is 10.3.